The molecular formula is C12H26N8O2. The van der Waals surface area contributed by atoms with E-state index in [0.717, 1.165) is 0 Å². The molecule has 0 aromatic rings. The highest BCUT2D eigenvalue weighted by molar-refractivity contribution is 5.84. The van der Waals surface area contributed by atoms with Crippen LogP contribution in [0.15, 0.2) is 9.98 Å². The molecule has 0 aromatic carbocycles. The highest BCUT2D eigenvalue weighted by Gasteiger charge is 2.17. The number of nitrogens with two attached hydrogens (primary N) is 5. The van der Waals surface area contributed by atoms with E-state index in [1.54, 1.807) is 0 Å². The minimum Gasteiger partial charge on any atom is -0.370 e. The Morgan fingerprint density at radius 1 is 1.00 bits per heavy atom. The summed E-state index contributed by atoms with van der Waals surface area (Å²) in [6.07, 6.45) is 2.67. The van der Waals surface area contributed by atoms with E-state index in [1.807, 2.05) is 0 Å². The van der Waals surface area contributed by atoms with Crippen LogP contribution in [-0.2, 0) is 9.59 Å². The summed E-state index contributed by atoms with van der Waals surface area (Å²) in [5.41, 5.74) is 26.5. The summed E-state index contributed by atoms with van der Waals surface area (Å²) in [7, 11) is 0. The molecule has 10 nitrogen and oxygen atoms in total. The van der Waals surface area contributed by atoms with Gasteiger partial charge in [0.1, 0.15) is 6.29 Å². The van der Waals surface area contributed by atoms with Crippen molar-refractivity contribution in [2.75, 3.05) is 13.1 Å². The number of carbonyl (C=O) groups excluding carboxylic acids is 2. The second-order valence-corrected chi connectivity index (χ2v) is 4.76. The molecule has 0 unspecified atom stereocenters. The molecule has 22 heavy (non-hydrogen) atoms. The lowest BCUT2D eigenvalue weighted by molar-refractivity contribution is -0.125. The third kappa shape index (κ3) is 10.4. The number of aliphatic imine (C=N–C) groups is 2. The van der Waals surface area contributed by atoms with Crippen LogP contribution in [0.2, 0.25) is 0 Å². The lowest BCUT2D eigenvalue weighted by Gasteiger charge is -2.16. The van der Waals surface area contributed by atoms with Gasteiger partial charge in [0.05, 0.1) is 12.1 Å². The molecule has 0 aromatic heterocycles. The van der Waals surface area contributed by atoms with Crippen molar-refractivity contribution in [3.05, 3.63) is 0 Å². The van der Waals surface area contributed by atoms with E-state index >= 15 is 0 Å². The number of hydrogen-bond acceptors (Lipinski definition) is 5. The van der Waals surface area contributed by atoms with Crippen molar-refractivity contribution in [3.8, 4) is 0 Å². The third-order valence-electron chi connectivity index (χ3n) is 2.76. The van der Waals surface area contributed by atoms with Gasteiger partial charge in [-0.05, 0) is 25.7 Å². The Morgan fingerprint density at radius 3 is 1.95 bits per heavy atom. The number of nitrogens with zero attached hydrogens (tertiary/aromatic N) is 2. The smallest absolute Gasteiger partial charge is 0.237 e. The van der Waals surface area contributed by atoms with Gasteiger partial charge in [0.25, 0.3) is 0 Å². The van der Waals surface area contributed by atoms with Crippen molar-refractivity contribution < 1.29 is 9.59 Å². The molecule has 0 aliphatic heterocycles. The SMILES string of the molecule is NC(N)=NCCC[C@@H](N)C(=O)N[C@@H](C=O)CCCN=C(N)N. The zero-order valence-electron chi connectivity index (χ0n) is 12.6. The third-order valence-corrected chi connectivity index (χ3v) is 2.76. The molecule has 0 saturated heterocycles. The average Bonchev–Trinajstić information content (AvgIpc) is 2.45. The molecule has 0 spiro atoms. The van der Waals surface area contributed by atoms with E-state index in [-0.39, 0.29) is 17.8 Å². The van der Waals surface area contributed by atoms with Gasteiger partial charge in [-0.1, -0.05) is 0 Å². The van der Waals surface area contributed by atoms with Crippen molar-refractivity contribution in [2.45, 2.75) is 37.8 Å². The first-order valence-corrected chi connectivity index (χ1v) is 6.98. The Kier molecular flexibility index (Phi) is 10.1. The van der Waals surface area contributed by atoms with Gasteiger partial charge < -0.3 is 38.8 Å². The quantitative estimate of drug-likeness (QED) is 0.101. The molecule has 0 heterocycles. The zero-order valence-corrected chi connectivity index (χ0v) is 12.6. The van der Waals surface area contributed by atoms with Crippen LogP contribution in [0.3, 0.4) is 0 Å². The van der Waals surface area contributed by atoms with Gasteiger partial charge in [0.15, 0.2) is 11.9 Å². The Morgan fingerprint density at radius 2 is 1.50 bits per heavy atom. The average molecular weight is 314 g/mol. The van der Waals surface area contributed by atoms with Gasteiger partial charge in [-0.25, -0.2) is 0 Å². The van der Waals surface area contributed by atoms with E-state index in [2.05, 4.69) is 15.3 Å². The number of carbonyl (C=O) groups is 2. The topological polar surface area (TPSA) is 201 Å². The van der Waals surface area contributed by atoms with Crippen LogP contribution in [0, 0.1) is 0 Å². The molecule has 0 saturated carbocycles. The molecule has 0 aliphatic rings. The fraction of sp³-hybridized carbons (Fsp3) is 0.667. The first kappa shape index (κ1) is 19.6. The Balaban J connectivity index is 4.05. The summed E-state index contributed by atoms with van der Waals surface area (Å²) < 4.78 is 0. The number of amides is 1. The van der Waals surface area contributed by atoms with Gasteiger partial charge in [-0.15, -0.1) is 0 Å². The highest BCUT2D eigenvalue weighted by atomic mass is 16.2. The van der Waals surface area contributed by atoms with Crippen molar-refractivity contribution in [2.24, 2.45) is 38.7 Å². The second-order valence-electron chi connectivity index (χ2n) is 4.76. The standard InChI is InChI=1S/C12H26N8O2/c13-9(4-2-6-19-12(16)17)10(22)20-8(7-21)3-1-5-18-11(14)15/h7-9H,1-6,13H2,(H,20,22)(H4,14,15,18)(H4,16,17,19)/t8-,9-/m1/s1. The maximum absolute atomic E-state index is 11.8. The second kappa shape index (κ2) is 11.3. The molecular weight excluding hydrogens is 288 g/mol. The molecule has 10 heteroatoms. The maximum atomic E-state index is 11.8. The lowest BCUT2D eigenvalue weighted by atomic mass is 10.1. The van der Waals surface area contributed by atoms with E-state index in [9.17, 15) is 9.59 Å². The summed E-state index contributed by atoms with van der Waals surface area (Å²) in [5.74, 6) is -0.391. The molecule has 126 valence electrons. The van der Waals surface area contributed by atoms with E-state index < -0.39 is 12.1 Å². The lowest BCUT2D eigenvalue weighted by Crippen LogP contribution is -2.46. The van der Waals surface area contributed by atoms with Crippen molar-refractivity contribution in [1.29, 1.82) is 0 Å². The van der Waals surface area contributed by atoms with E-state index in [1.165, 1.54) is 0 Å². The first-order chi connectivity index (χ1) is 10.4. The maximum Gasteiger partial charge on any atom is 0.237 e. The number of hydrogen-bond donors (Lipinski definition) is 6. The van der Waals surface area contributed by atoms with Crippen LogP contribution in [0.4, 0.5) is 0 Å². The van der Waals surface area contributed by atoms with Gasteiger partial charge in [0.2, 0.25) is 5.91 Å². The summed E-state index contributed by atoms with van der Waals surface area (Å²) in [4.78, 5) is 30.4. The van der Waals surface area contributed by atoms with E-state index in [4.69, 9.17) is 28.7 Å². The number of aldehydes is 1. The molecule has 1 amide bonds. The largest absolute Gasteiger partial charge is 0.370 e. The van der Waals surface area contributed by atoms with Gasteiger partial charge >= 0.3 is 0 Å². The van der Waals surface area contributed by atoms with Crippen LogP contribution >= 0.6 is 0 Å². The number of nitrogens with one attached hydrogen (secondary N) is 1. The summed E-state index contributed by atoms with van der Waals surface area (Å²) >= 11 is 0. The summed E-state index contributed by atoms with van der Waals surface area (Å²) in [6, 6.07) is -1.32. The molecule has 0 rings (SSSR count). The fourth-order valence-corrected chi connectivity index (χ4v) is 1.63. The minimum absolute atomic E-state index is 0.000169. The summed E-state index contributed by atoms with van der Waals surface area (Å²) in [5, 5.41) is 2.58. The minimum atomic E-state index is -0.714. The van der Waals surface area contributed by atoms with Crippen LogP contribution in [0.5, 0.6) is 0 Å². The van der Waals surface area contributed by atoms with Crippen molar-refractivity contribution in [1.82, 2.24) is 5.32 Å². The van der Waals surface area contributed by atoms with Gasteiger partial charge in [-0.3, -0.25) is 14.8 Å². The summed E-state index contributed by atoms with van der Waals surface area (Å²) in [6.45, 7) is 0.798. The van der Waals surface area contributed by atoms with Crippen LogP contribution in [0.1, 0.15) is 25.7 Å². The van der Waals surface area contributed by atoms with Crippen molar-refractivity contribution >= 4 is 24.1 Å². The molecule has 2 atom stereocenters. The van der Waals surface area contributed by atoms with Crippen molar-refractivity contribution in [3.63, 3.8) is 0 Å². The Hall–Kier alpha value is -2.36. The van der Waals surface area contributed by atoms with Gasteiger partial charge in [-0.2, -0.15) is 0 Å². The molecule has 0 bridgehead atoms. The Labute approximate surface area is 129 Å². The molecule has 0 aliphatic carbocycles. The molecule has 0 radical (unpaired) electrons. The van der Waals surface area contributed by atoms with E-state index in [0.29, 0.717) is 45.1 Å². The van der Waals surface area contributed by atoms with Crippen LogP contribution in [0.25, 0.3) is 0 Å². The predicted molar refractivity (Wildman–Crippen MR) is 85.8 cm³/mol. The monoisotopic (exact) mass is 314 g/mol. The first-order valence-electron chi connectivity index (χ1n) is 6.98. The van der Waals surface area contributed by atoms with Crippen LogP contribution in [-0.4, -0.2) is 49.3 Å². The highest BCUT2D eigenvalue weighted by Crippen LogP contribution is 1.99. The number of rotatable bonds is 11. The molecule has 0 fully saturated rings. The number of guanidine groups is 2. The zero-order chi connectivity index (χ0) is 17.0. The van der Waals surface area contributed by atoms with Gasteiger partial charge in [0, 0.05) is 13.1 Å². The fourth-order valence-electron chi connectivity index (χ4n) is 1.63. The normalized spacial score (nSPS) is 12.8. The Bertz CT molecular complexity index is 402. The van der Waals surface area contributed by atoms with Crippen LogP contribution < -0.4 is 34.0 Å². The molecule has 11 N–H and O–H groups in total. The predicted octanol–water partition coefficient (Wildman–Crippen LogP) is -2.90.